The number of fused-ring (bicyclic) bond motifs is 1. The van der Waals surface area contributed by atoms with E-state index in [-0.39, 0.29) is 0 Å². The fourth-order valence-electron chi connectivity index (χ4n) is 3.39. The smallest absolute Gasteiger partial charge is 0.328 e. The normalized spacial score (nSPS) is 11.2. The van der Waals surface area contributed by atoms with E-state index in [9.17, 15) is 9.59 Å². The molecule has 4 rings (SSSR count). The number of nitrogens with zero attached hydrogens (tertiary/aromatic N) is 2. The number of hydrogen-bond acceptors (Lipinski definition) is 6. The Labute approximate surface area is 201 Å². The molecule has 8 heteroatoms. The molecule has 1 aromatic heterocycles. The first kappa shape index (κ1) is 23.2. The number of carboxylic acids is 2. The average molecular weight is 466 g/mol. The summed E-state index contributed by atoms with van der Waals surface area (Å²) in [5, 5.41) is 24.3. The first-order valence-electron chi connectivity index (χ1n) is 10.7. The number of hydrogen-bond donors (Lipinski definition) is 4. The number of aryl methyl sites for hydroxylation is 1. The van der Waals surface area contributed by atoms with E-state index in [0.29, 0.717) is 34.1 Å². The Morgan fingerprint density at radius 1 is 0.714 bits per heavy atom. The van der Waals surface area contributed by atoms with Gasteiger partial charge in [-0.3, -0.25) is 0 Å². The Morgan fingerprint density at radius 3 is 1.74 bits per heavy atom. The molecule has 0 spiro atoms. The highest BCUT2D eigenvalue weighted by molar-refractivity contribution is 5.87. The minimum Gasteiger partial charge on any atom is -0.478 e. The summed E-state index contributed by atoms with van der Waals surface area (Å²) in [7, 11) is 0. The predicted octanol–water partition coefficient (Wildman–Crippen LogP) is 5.62. The zero-order valence-electron chi connectivity index (χ0n) is 18.8. The van der Waals surface area contributed by atoms with E-state index in [1.54, 1.807) is 12.1 Å². The molecule has 0 atom stereocenters. The molecule has 0 unspecified atom stereocenters. The van der Waals surface area contributed by atoms with Crippen LogP contribution in [0.4, 0.5) is 23.0 Å². The van der Waals surface area contributed by atoms with Crippen molar-refractivity contribution in [2.75, 3.05) is 10.6 Å². The van der Waals surface area contributed by atoms with Gasteiger partial charge >= 0.3 is 11.9 Å². The summed E-state index contributed by atoms with van der Waals surface area (Å²) in [6.45, 7) is 1.98. The van der Waals surface area contributed by atoms with Gasteiger partial charge in [-0.05, 0) is 72.2 Å². The molecule has 0 aliphatic heterocycles. The van der Waals surface area contributed by atoms with Gasteiger partial charge in [-0.25, -0.2) is 19.6 Å². The van der Waals surface area contributed by atoms with Gasteiger partial charge < -0.3 is 20.8 Å². The molecule has 4 N–H and O–H groups in total. The lowest BCUT2D eigenvalue weighted by Crippen LogP contribution is -2.03. The monoisotopic (exact) mass is 466 g/mol. The molecule has 0 bridgehead atoms. The van der Waals surface area contributed by atoms with Gasteiger partial charge in [0.2, 0.25) is 0 Å². The lowest BCUT2D eigenvalue weighted by Gasteiger charge is -2.14. The molecule has 35 heavy (non-hydrogen) atoms. The molecule has 0 radical (unpaired) electrons. The minimum absolute atomic E-state index is 0.479. The molecule has 0 amide bonds. The van der Waals surface area contributed by atoms with Gasteiger partial charge in [-0.1, -0.05) is 30.3 Å². The van der Waals surface area contributed by atoms with Crippen LogP contribution in [0.2, 0.25) is 0 Å². The van der Waals surface area contributed by atoms with E-state index in [1.165, 1.54) is 12.2 Å². The van der Waals surface area contributed by atoms with Gasteiger partial charge in [0.25, 0.3) is 0 Å². The summed E-state index contributed by atoms with van der Waals surface area (Å²) in [6.07, 6.45) is 5.18. The van der Waals surface area contributed by atoms with Crippen LogP contribution in [-0.2, 0) is 9.59 Å². The maximum absolute atomic E-state index is 10.9. The molecule has 1 heterocycles. The molecule has 0 fully saturated rings. The van der Waals surface area contributed by atoms with Gasteiger partial charge in [0, 0.05) is 23.5 Å². The number of aromatic nitrogens is 2. The summed E-state index contributed by atoms with van der Waals surface area (Å²) in [6, 6.07) is 20.3. The Kier molecular flexibility index (Phi) is 6.83. The largest absolute Gasteiger partial charge is 0.478 e. The molecule has 0 saturated carbocycles. The van der Waals surface area contributed by atoms with Crippen LogP contribution in [0.5, 0.6) is 0 Å². The molecular formula is C27H22N4O4. The van der Waals surface area contributed by atoms with E-state index >= 15 is 0 Å². The SMILES string of the molecule is Cc1ccc2nc(Nc3cccc(C=CC(=O)O)c3)c(Nc3cccc(C=CC(=O)O)c3)nc2c1. The zero-order valence-corrected chi connectivity index (χ0v) is 18.8. The zero-order chi connectivity index (χ0) is 24.8. The lowest BCUT2D eigenvalue weighted by atomic mass is 10.1. The second-order valence-electron chi connectivity index (χ2n) is 7.76. The maximum atomic E-state index is 10.9. The van der Waals surface area contributed by atoms with Crippen molar-refractivity contribution in [3.63, 3.8) is 0 Å². The first-order chi connectivity index (χ1) is 16.9. The molecule has 174 valence electrons. The summed E-state index contributed by atoms with van der Waals surface area (Å²) >= 11 is 0. The standard InChI is InChI=1S/C27H22N4O4/c1-17-8-11-22-23(14-17)31-27(29-21-7-3-5-19(16-21)10-13-25(34)35)26(30-22)28-20-6-2-4-18(15-20)9-12-24(32)33/h2-16H,1H3,(H,28,30)(H,29,31)(H,32,33)(H,34,35). The van der Waals surface area contributed by atoms with Crippen LogP contribution in [0.3, 0.4) is 0 Å². The van der Waals surface area contributed by atoms with Crippen molar-refractivity contribution in [1.29, 1.82) is 0 Å². The van der Waals surface area contributed by atoms with E-state index in [1.807, 2.05) is 61.5 Å². The van der Waals surface area contributed by atoms with Crippen LogP contribution < -0.4 is 10.6 Å². The van der Waals surface area contributed by atoms with E-state index in [0.717, 1.165) is 28.8 Å². The number of rotatable bonds is 8. The third kappa shape index (κ3) is 6.29. The molecule has 0 saturated heterocycles. The summed E-state index contributed by atoms with van der Waals surface area (Å²) < 4.78 is 0. The number of carboxylic acid groups (broad SMARTS) is 2. The number of carbonyl (C=O) groups is 2. The Hall–Kier alpha value is -4.98. The lowest BCUT2D eigenvalue weighted by molar-refractivity contribution is -0.132. The van der Waals surface area contributed by atoms with Crippen LogP contribution in [-0.4, -0.2) is 32.1 Å². The number of nitrogens with one attached hydrogen (secondary N) is 2. The van der Waals surface area contributed by atoms with Crippen molar-refractivity contribution in [2.24, 2.45) is 0 Å². The Bertz CT molecular complexity index is 1480. The third-order valence-electron chi connectivity index (χ3n) is 4.96. The van der Waals surface area contributed by atoms with Crippen LogP contribution in [0, 0.1) is 6.92 Å². The van der Waals surface area contributed by atoms with Gasteiger partial charge in [-0.2, -0.15) is 0 Å². The molecule has 4 aromatic rings. The van der Waals surface area contributed by atoms with E-state index in [2.05, 4.69) is 10.6 Å². The van der Waals surface area contributed by atoms with Crippen molar-refractivity contribution >= 4 is 58.1 Å². The molecular weight excluding hydrogens is 444 g/mol. The number of anilines is 4. The molecule has 3 aromatic carbocycles. The summed E-state index contributed by atoms with van der Waals surface area (Å²) in [5.41, 5.74) is 5.34. The van der Waals surface area contributed by atoms with Crippen molar-refractivity contribution in [1.82, 2.24) is 9.97 Å². The Balaban J connectivity index is 1.71. The van der Waals surface area contributed by atoms with Gasteiger partial charge in [0.15, 0.2) is 11.6 Å². The van der Waals surface area contributed by atoms with Crippen LogP contribution in [0.15, 0.2) is 78.9 Å². The third-order valence-corrected chi connectivity index (χ3v) is 4.96. The fraction of sp³-hybridized carbons (Fsp3) is 0.0370. The first-order valence-corrected chi connectivity index (χ1v) is 10.7. The quantitative estimate of drug-likeness (QED) is 0.247. The van der Waals surface area contributed by atoms with Crippen molar-refractivity contribution < 1.29 is 19.8 Å². The van der Waals surface area contributed by atoms with E-state index < -0.39 is 11.9 Å². The van der Waals surface area contributed by atoms with Crippen LogP contribution in [0.25, 0.3) is 23.2 Å². The van der Waals surface area contributed by atoms with Crippen molar-refractivity contribution in [2.45, 2.75) is 6.92 Å². The predicted molar refractivity (Wildman–Crippen MR) is 137 cm³/mol. The van der Waals surface area contributed by atoms with Gasteiger partial charge in [-0.15, -0.1) is 0 Å². The molecule has 0 aliphatic rings. The highest BCUT2D eigenvalue weighted by atomic mass is 16.4. The Morgan fingerprint density at radius 2 is 1.23 bits per heavy atom. The summed E-state index contributed by atoms with van der Waals surface area (Å²) in [4.78, 5) is 31.2. The highest BCUT2D eigenvalue weighted by Crippen LogP contribution is 2.29. The molecule has 8 nitrogen and oxygen atoms in total. The number of benzene rings is 3. The summed E-state index contributed by atoms with van der Waals surface area (Å²) in [5.74, 6) is -1.09. The highest BCUT2D eigenvalue weighted by Gasteiger charge is 2.11. The second-order valence-corrected chi connectivity index (χ2v) is 7.76. The average Bonchev–Trinajstić information content (AvgIpc) is 2.82. The van der Waals surface area contributed by atoms with E-state index in [4.69, 9.17) is 20.2 Å². The van der Waals surface area contributed by atoms with Crippen molar-refractivity contribution in [3.8, 4) is 0 Å². The van der Waals surface area contributed by atoms with Gasteiger partial charge in [0.1, 0.15) is 0 Å². The minimum atomic E-state index is -1.02. The van der Waals surface area contributed by atoms with Crippen LogP contribution >= 0.6 is 0 Å². The molecule has 0 aliphatic carbocycles. The maximum Gasteiger partial charge on any atom is 0.328 e. The fourth-order valence-corrected chi connectivity index (χ4v) is 3.39. The van der Waals surface area contributed by atoms with Crippen molar-refractivity contribution in [3.05, 3.63) is 95.6 Å². The van der Waals surface area contributed by atoms with Crippen LogP contribution in [0.1, 0.15) is 16.7 Å². The second kappa shape index (κ2) is 10.3. The van der Waals surface area contributed by atoms with Gasteiger partial charge in [0.05, 0.1) is 11.0 Å². The number of aliphatic carboxylic acids is 2. The topological polar surface area (TPSA) is 124 Å².